The topological polar surface area (TPSA) is 68.8 Å². The Bertz CT molecular complexity index is 552. The zero-order valence-electron chi connectivity index (χ0n) is 9.36. The zero-order chi connectivity index (χ0) is 13.3. The summed E-state index contributed by atoms with van der Waals surface area (Å²) in [4.78, 5) is 0. The normalized spacial score (nSPS) is 12.7. The van der Waals surface area contributed by atoms with Crippen LogP contribution in [0.1, 0.15) is 17.3 Å². The van der Waals surface area contributed by atoms with Gasteiger partial charge in [-0.15, -0.1) is 5.10 Å². The second-order valence-electron chi connectivity index (χ2n) is 3.65. The number of aromatic nitrogens is 3. The highest BCUT2D eigenvalue weighted by atomic mass is 79.9. The zero-order valence-corrected chi connectivity index (χ0v) is 13.3. The van der Waals surface area contributed by atoms with Gasteiger partial charge in [0.15, 0.2) is 4.60 Å². The molecule has 0 amide bonds. The third-order valence-corrected chi connectivity index (χ3v) is 3.94. The number of benzene rings is 1. The average molecular weight is 395 g/mol. The van der Waals surface area contributed by atoms with E-state index in [1.54, 1.807) is 11.7 Å². The van der Waals surface area contributed by atoms with Crippen LogP contribution in [0.2, 0.25) is 5.02 Å². The van der Waals surface area contributed by atoms with Gasteiger partial charge >= 0.3 is 0 Å². The van der Waals surface area contributed by atoms with Gasteiger partial charge in [0.2, 0.25) is 0 Å². The van der Waals surface area contributed by atoms with Crippen molar-refractivity contribution in [3.05, 3.63) is 43.6 Å². The third kappa shape index (κ3) is 2.60. The predicted molar refractivity (Wildman–Crippen MR) is 77.0 cm³/mol. The molecule has 0 radical (unpaired) electrons. The van der Waals surface area contributed by atoms with E-state index in [4.69, 9.17) is 17.4 Å². The van der Waals surface area contributed by atoms with E-state index in [9.17, 15) is 0 Å². The molecule has 0 aliphatic carbocycles. The molecule has 1 heterocycles. The Labute approximate surface area is 126 Å². The fourth-order valence-corrected chi connectivity index (χ4v) is 2.86. The summed E-state index contributed by atoms with van der Waals surface area (Å²) in [7, 11) is 1.79. The number of rotatable bonds is 3. The SMILES string of the molecule is Cn1nnc(Br)c1C(NN)c1cc(Br)ccc1Cl. The summed E-state index contributed by atoms with van der Waals surface area (Å²) < 4.78 is 3.20. The lowest BCUT2D eigenvalue weighted by Crippen LogP contribution is -2.30. The molecule has 8 heteroatoms. The van der Waals surface area contributed by atoms with Gasteiger partial charge in [-0.1, -0.05) is 32.7 Å². The lowest BCUT2D eigenvalue weighted by Gasteiger charge is -2.18. The van der Waals surface area contributed by atoms with Crippen LogP contribution in [0.25, 0.3) is 0 Å². The first-order chi connectivity index (χ1) is 8.54. The largest absolute Gasteiger partial charge is 0.271 e. The van der Waals surface area contributed by atoms with E-state index in [-0.39, 0.29) is 6.04 Å². The second-order valence-corrected chi connectivity index (χ2v) is 5.73. The first-order valence-electron chi connectivity index (χ1n) is 5.00. The molecule has 0 bridgehead atoms. The van der Waals surface area contributed by atoms with Crippen LogP contribution in [0.4, 0.5) is 0 Å². The van der Waals surface area contributed by atoms with Gasteiger partial charge in [0, 0.05) is 16.5 Å². The monoisotopic (exact) mass is 393 g/mol. The van der Waals surface area contributed by atoms with Gasteiger partial charge in [0.25, 0.3) is 0 Å². The van der Waals surface area contributed by atoms with Crippen molar-refractivity contribution >= 4 is 43.5 Å². The van der Waals surface area contributed by atoms with Crippen molar-refractivity contribution in [1.82, 2.24) is 20.4 Å². The Morgan fingerprint density at radius 3 is 2.72 bits per heavy atom. The van der Waals surface area contributed by atoms with E-state index in [1.807, 2.05) is 18.2 Å². The minimum atomic E-state index is -0.302. The highest BCUT2D eigenvalue weighted by Crippen LogP contribution is 2.32. The van der Waals surface area contributed by atoms with Crippen LogP contribution < -0.4 is 11.3 Å². The highest BCUT2D eigenvalue weighted by Gasteiger charge is 2.23. The van der Waals surface area contributed by atoms with E-state index in [0.717, 1.165) is 15.7 Å². The summed E-state index contributed by atoms with van der Waals surface area (Å²) in [5.41, 5.74) is 4.38. The van der Waals surface area contributed by atoms with Crippen molar-refractivity contribution in [3.8, 4) is 0 Å². The Hall–Kier alpha value is -0.470. The summed E-state index contributed by atoms with van der Waals surface area (Å²) >= 11 is 13.0. The lowest BCUT2D eigenvalue weighted by atomic mass is 10.0. The van der Waals surface area contributed by atoms with Crippen LogP contribution in [0.15, 0.2) is 27.3 Å². The molecule has 5 nitrogen and oxygen atoms in total. The van der Waals surface area contributed by atoms with Gasteiger partial charge in [-0.25, -0.2) is 10.1 Å². The molecular weight excluding hydrogens is 385 g/mol. The van der Waals surface area contributed by atoms with E-state index in [0.29, 0.717) is 9.63 Å². The Balaban J connectivity index is 2.55. The number of hydrogen-bond donors (Lipinski definition) is 2. The molecule has 0 saturated carbocycles. The first kappa shape index (κ1) is 14.0. The Morgan fingerprint density at radius 2 is 2.17 bits per heavy atom. The predicted octanol–water partition coefficient (Wildman–Crippen LogP) is 2.55. The van der Waals surface area contributed by atoms with Crippen LogP contribution >= 0.6 is 43.5 Å². The summed E-state index contributed by atoms with van der Waals surface area (Å²) in [5.74, 6) is 5.64. The molecule has 1 atom stereocenters. The third-order valence-electron chi connectivity index (χ3n) is 2.54. The minimum Gasteiger partial charge on any atom is -0.271 e. The molecule has 1 aromatic heterocycles. The number of nitrogens with two attached hydrogens (primary N) is 1. The van der Waals surface area contributed by atoms with Gasteiger partial charge in [0.1, 0.15) is 0 Å². The number of hydrazine groups is 1. The first-order valence-corrected chi connectivity index (χ1v) is 6.97. The molecule has 0 saturated heterocycles. The fourth-order valence-electron chi connectivity index (χ4n) is 1.70. The van der Waals surface area contributed by atoms with Crippen molar-refractivity contribution in [2.75, 3.05) is 0 Å². The minimum absolute atomic E-state index is 0.302. The van der Waals surface area contributed by atoms with Gasteiger partial charge in [0.05, 0.1) is 11.7 Å². The van der Waals surface area contributed by atoms with Gasteiger partial charge in [-0.2, -0.15) is 0 Å². The Kier molecular flexibility index (Phi) is 4.39. The molecule has 96 valence electrons. The van der Waals surface area contributed by atoms with Gasteiger partial charge in [-0.3, -0.25) is 5.84 Å². The summed E-state index contributed by atoms with van der Waals surface area (Å²) in [6.45, 7) is 0. The van der Waals surface area contributed by atoms with Crippen molar-refractivity contribution in [3.63, 3.8) is 0 Å². The van der Waals surface area contributed by atoms with Crippen molar-refractivity contribution in [2.45, 2.75) is 6.04 Å². The second kappa shape index (κ2) is 5.66. The van der Waals surface area contributed by atoms with E-state index < -0.39 is 0 Å². The fraction of sp³-hybridized carbons (Fsp3) is 0.200. The summed E-state index contributed by atoms with van der Waals surface area (Å²) in [6.07, 6.45) is 0. The maximum atomic E-state index is 6.21. The van der Waals surface area contributed by atoms with Crippen LogP contribution in [0.5, 0.6) is 0 Å². The molecule has 0 aliphatic rings. The van der Waals surface area contributed by atoms with E-state index in [1.165, 1.54) is 0 Å². The summed E-state index contributed by atoms with van der Waals surface area (Å²) in [6, 6.07) is 5.29. The van der Waals surface area contributed by atoms with Crippen LogP contribution in [0, 0.1) is 0 Å². The molecule has 1 unspecified atom stereocenters. The molecule has 0 aliphatic heterocycles. The number of halogens is 3. The van der Waals surface area contributed by atoms with Crippen molar-refractivity contribution in [2.24, 2.45) is 12.9 Å². The molecular formula is C10H10Br2ClN5. The number of nitrogens with one attached hydrogen (secondary N) is 1. The average Bonchev–Trinajstić information content (AvgIpc) is 2.66. The molecule has 18 heavy (non-hydrogen) atoms. The van der Waals surface area contributed by atoms with Crippen molar-refractivity contribution in [1.29, 1.82) is 0 Å². The highest BCUT2D eigenvalue weighted by molar-refractivity contribution is 9.10. The van der Waals surface area contributed by atoms with E-state index in [2.05, 4.69) is 47.6 Å². The maximum Gasteiger partial charge on any atom is 0.153 e. The van der Waals surface area contributed by atoms with Crippen molar-refractivity contribution < 1.29 is 0 Å². The van der Waals surface area contributed by atoms with Crippen LogP contribution in [-0.2, 0) is 7.05 Å². The van der Waals surface area contributed by atoms with Crippen LogP contribution in [0.3, 0.4) is 0 Å². The molecule has 1 aromatic carbocycles. The van der Waals surface area contributed by atoms with E-state index >= 15 is 0 Å². The quantitative estimate of drug-likeness (QED) is 0.619. The smallest absolute Gasteiger partial charge is 0.153 e. The lowest BCUT2D eigenvalue weighted by molar-refractivity contribution is 0.569. The standard InChI is InChI=1S/C10H10Br2ClN5/c1-18-9(10(12)16-17-18)8(15-14)6-4-5(11)2-3-7(6)13/h2-4,8,15H,14H2,1H3. The van der Waals surface area contributed by atoms with Crippen LogP contribution in [-0.4, -0.2) is 15.0 Å². The molecule has 0 spiro atoms. The number of aryl methyl sites for hydroxylation is 1. The molecule has 2 aromatic rings. The maximum absolute atomic E-state index is 6.21. The molecule has 3 N–H and O–H groups in total. The molecule has 0 fully saturated rings. The van der Waals surface area contributed by atoms with Gasteiger partial charge in [-0.05, 0) is 39.7 Å². The van der Waals surface area contributed by atoms with Gasteiger partial charge < -0.3 is 0 Å². The summed E-state index contributed by atoms with van der Waals surface area (Å²) in [5, 5.41) is 8.49. The molecule has 2 rings (SSSR count). The Morgan fingerprint density at radius 1 is 1.44 bits per heavy atom. The number of nitrogens with zero attached hydrogens (tertiary/aromatic N) is 3. The number of hydrogen-bond acceptors (Lipinski definition) is 4.